The molecule has 15 heavy (non-hydrogen) atoms. The van der Waals surface area contributed by atoms with Crippen LogP contribution in [-0.2, 0) is 0 Å². The highest BCUT2D eigenvalue weighted by atomic mass is 15.4. The number of rotatable bonds is 7. The van der Waals surface area contributed by atoms with Gasteiger partial charge in [-0.2, -0.15) is 0 Å². The molecule has 0 fully saturated rings. The number of quaternary nitrogens is 1. The molecule has 0 saturated heterocycles. The van der Waals surface area contributed by atoms with Gasteiger partial charge in [-0.05, 0) is 19.4 Å². The predicted octanol–water partition coefficient (Wildman–Crippen LogP) is 2.70. The molecule has 2 unspecified atom stereocenters. The third-order valence-corrected chi connectivity index (χ3v) is 3.48. The third kappa shape index (κ3) is 4.98. The summed E-state index contributed by atoms with van der Waals surface area (Å²) in [5.74, 6) is 1.59. The Morgan fingerprint density at radius 2 is 1.67 bits per heavy atom. The van der Waals surface area contributed by atoms with Gasteiger partial charge in [0.05, 0.1) is 20.1 Å². The molecule has 0 aliphatic carbocycles. The first kappa shape index (κ1) is 14.9. The number of hydrogen-bond acceptors (Lipinski definition) is 1. The zero-order chi connectivity index (χ0) is 12.1. The van der Waals surface area contributed by atoms with Gasteiger partial charge in [-0.1, -0.05) is 27.7 Å². The Morgan fingerprint density at radius 3 is 2.00 bits per heavy atom. The normalized spacial score (nSPS) is 16.8. The van der Waals surface area contributed by atoms with Crippen molar-refractivity contribution < 1.29 is 4.48 Å². The van der Waals surface area contributed by atoms with Crippen LogP contribution in [0.4, 0.5) is 0 Å². The maximum absolute atomic E-state index is 3.31. The second kappa shape index (κ2) is 6.49. The predicted molar refractivity (Wildman–Crippen MR) is 68.7 cm³/mol. The molecule has 2 nitrogen and oxygen atoms in total. The van der Waals surface area contributed by atoms with Crippen molar-refractivity contribution in [1.29, 1.82) is 0 Å². The van der Waals surface area contributed by atoms with Gasteiger partial charge in [-0.15, -0.1) is 0 Å². The average Bonchev–Trinajstić information content (AvgIpc) is 2.12. The van der Waals surface area contributed by atoms with Crippen LogP contribution in [0.15, 0.2) is 0 Å². The molecule has 0 aliphatic rings. The Kier molecular flexibility index (Phi) is 6.46. The Balaban J connectivity index is 4.59. The molecule has 2 atom stereocenters. The number of nitrogens with one attached hydrogen (secondary N) is 1. The first-order valence-electron chi connectivity index (χ1n) is 6.32. The monoisotopic (exact) mass is 215 g/mol. The summed E-state index contributed by atoms with van der Waals surface area (Å²) in [7, 11) is 6.73. The maximum Gasteiger partial charge on any atom is 0.132 e. The van der Waals surface area contributed by atoms with Crippen LogP contribution >= 0.6 is 0 Å². The van der Waals surface area contributed by atoms with Crippen molar-refractivity contribution in [2.24, 2.45) is 11.8 Å². The summed E-state index contributed by atoms with van der Waals surface area (Å²) in [6.07, 6.45) is 2.60. The van der Waals surface area contributed by atoms with E-state index in [1.54, 1.807) is 0 Å². The Labute approximate surface area is 96.6 Å². The lowest BCUT2D eigenvalue weighted by Gasteiger charge is -2.41. The quantitative estimate of drug-likeness (QED) is 0.508. The Morgan fingerprint density at radius 1 is 1.13 bits per heavy atom. The topological polar surface area (TPSA) is 12.0 Å². The summed E-state index contributed by atoms with van der Waals surface area (Å²) in [4.78, 5) is 0. The molecule has 0 aromatic carbocycles. The van der Waals surface area contributed by atoms with Crippen LogP contribution in [0.25, 0.3) is 0 Å². The van der Waals surface area contributed by atoms with Gasteiger partial charge >= 0.3 is 0 Å². The van der Waals surface area contributed by atoms with Gasteiger partial charge in [-0.25, -0.2) is 0 Å². The molecule has 0 saturated carbocycles. The van der Waals surface area contributed by atoms with Crippen LogP contribution in [0.1, 0.15) is 40.5 Å². The van der Waals surface area contributed by atoms with E-state index in [-0.39, 0.29) is 0 Å². The van der Waals surface area contributed by atoms with Gasteiger partial charge in [0, 0.05) is 12.3 Å². The van der Waals surface area contributed by atoms with Gasteiger partial charge in [0.1, 0.15) is 6.67 Å². The first-order valence-corrected chi connectivity index (χ1v) is 6.32. The SMILES string of the molecule is CCC(C)C(CC(C)C)[N+](C)(C)CNC. The minimum atomic E-state index is 0.766. The summed E-state index contributed by atoms with van der Waals surface area (Å²) in [5, 5.41) is 3.31. The summed E-state index contributed by atoms with van der Waals surface area (Å²) < 4.78 is 1.09. The van der Waals surface area contributed by atoms with E-state index in [1.165, 1.54) is 12.8 Å². The minimum absolute atomic E-state index is 0.766. The highest BCUT2D eigenvalue weighted by Gasteiger charge is 2.32. The molecular weight excluding hydrogens is 184 g/mol. The zero-order valence-corrected chi connectivity index (χ0v) is 11.8. The largest absolute Gasteiger partial charge is 0.313 e. The lowest BCUT2D eigenvalue weighted by atomic mass is 9.89. The van der Waals surface area contributed by atoms with Crippen LogP contribution in [0, 0.1) is 11.8 Å². The summed E-state index contributed by atoms with van der Waals surface area (Å²) in [6, 6.07) is 0.766. The fourth-order valence-corrected chi connectivity index (χ4v) is 2.49. The lowest BCUT2D eigenvalue weighted by Crippen LogP contribution is -2.55. The van der Waals surface area contributed by atoms with E-state index in [0.29, 0.717) is 0 Å². The maximum atomic E-state index is 3.31. The highest BCUT2D eigenvalue weighted by Crippen LogP contribution is 2.24. The minimum Gasteiger partial charge on any atom is -0.313 e. The molecule has 0 aromatic rings. The van der Waals surface area contributed by atoms with E-state index < -0.39 is 0 Å². The molecule has 0 bridgehead atoms. The first-order chi connectivity index (χ1) is 6.85. The second-order valence-electron chi connectivity index (χ2n) is 5.87. The average molecular weight is 215 g/mol. The van der Waals surface area contributed by atoms with Crippen LogP contribution < -0.4 is 5.32 Å². The Bertz CT molecular complexity index is 164. The van der Waals surface area contributed by atoms with Gasteiger partial charge in [0.25, 0.3) is 0 Å². The Hall–Kier alpha value is -0.0800. The molecule has 0 radical (unpaired) electrons. The highest BCUT2D eigenvalue weighted by molar-refractivity contribution is 4.67. The molecule has 0 aromatic heterocycles. The standard InChI is InChI=1S/C13H31N2/c1-8-12(4)13(9-11(2)3)15(6,7)10-14-5/h11-14H,8-10H2,1-7H3/q+1. The molecule has 92 valence electrons. The van der Waals surface area contributed by atoms with Crippen LogP contribution in [0.5, 0.6) is 0 Å². The number of nitrogens with zero attached hydrogens (tertiary/aromatic N) is 1. The second-order valence-corrected chi connectivity index (χ2v) is 5.87. The molecule has 2 heteroatoms. The van der Waals surface area contributed by atoms with Crippen LogP contribution in [0.3, 0.4) is 0 Å². The van der Waals surface area contributed by atoms with E-state index in [4.69, 9.17) is 0 Å². The van der Waals surface area contributed by atoms with Gasteiger partial charge in [-0.3, -0.25) is 5.32 Å². The van der Waals surface area contributed by atoms with Crippen molar-refractivity contribution in [3.63, 3.8) is 0 Å². The van der Waals surface area contributed by atoms with E-state index in [0.717, 1.165) is 29.0 Å². The van der Waals surface area contributed by atoms with Crippen molar-refractivity contribution in [2.45, 2.75) is 46.6 Å². The molecule has 0 amide bonds. The lowest BCUT2D eigenvalue weighted by molar-refractivity contribution is -0.922. The van der Waals surface area contributed by atoms with Crippen LogP contribution in [0.2, 0.25) is 0 Å². The fourth-order valence-electron chi connectivity index (χ4n) is 2.49. The smallest absolute Gasteiger partial charge is 0.132 e. The molecular formula is C13H31N2+. The van der Waals surface area contributed by atoms with Gasteiger partial charge in [0.15, 0.2) is 0 Å². The van der Waals surface area contributed by atoms with Crippen molar-refractivity contribution in [3.8, 4) is 0 Å². The molecule has 0 aliphatic heterocycles. The van der Waals surface area contributed by atoms with Crippen molar-refractivity contribution in [3.05, 3.63) is 0 Å². The van der Waals surface area contributed by atoms with Crippen molar-refractivity contribution in [2.75, 3.05) is 27.8 Å². The summed E-state index contributed by atoms with van der Waals surface area (Å²) in [5.41, 5.74) is 0. The third-order valence-electron chi connectivity index (χ3n) is 3.48. The van der Waals surface area contributed by atoms with E-state index in [2.05, 4.69) is 47.1 Å². The number of hydrogen-bond donors (Lipinski definition) is 1. The van der Waals surface area contributed by atoms with E-state index in [1.807, 2.05) is 7.05 Å². The molecule has 1 N–H and O–H groups in total. The summed E-state index contributed by atoms with van der Waals surface area (Å²) in [6.45, 7) is 10.4. The van der Waals surface area contributed by atoms with E-state index >= 15 is 0 Å². The van der Waals surface area contributed by atoms with Crippen molar-refractivity contribution >= 4 is 0 Å². The fraction of sp³-hybridized carbons (Fsp3) is 1.00. The molecule has 0 heterocycles. The van der Waals surface area contributed by atoms with Crippen molar-refractivity contribution in [1.82, 2.24) is 5.32 Å². The molecule has 0 spiro atoms. The summed E-state index contributed by atoms with van der Waals surface area (Å²) >= 11 is 0. The zero-order valence-electron chi connectivity index (χ0n) is 11.8. The van der Waals surface area contributed by atoms with E-state index in [9.17, 15) is 0 Å². The van der Waals surface area contributed by atoms with Gasteiger partial charge < -0.3 is 4.48 Å². The molecule has 0 rings (SSSR count). The van der Waals surface area contributed by atoms with Crippen LogP contribution in [-0.4, -0.2) is 38.3 Å². The van der Waals surface area contributed by atoms with Gasteiger partial charge in [0.2, 0.25) is 0 Å².